The van der Waals surface area contributed by atoms with Gasteiger partial charge in [-0.3, -0.25) is 4.36 Å². The second kappa shape index (κ2) is 10.8. The SMILES string of the molecule is CCOC(=O)N=[S-](=O)c1ccc(Nc2ncc(-c3cccs3)c(NC[C@H](C)O)n2)cc1. The van der Waals surface area contributed by atoms with Gasteiger partial charge in [0.05, 0.1) is 18.3 Å². The van der Waals surface area contributed by atoms with Crippen LogP contribution in [-0.2, 0) is 19.5 Å². The average Bonchev–Trinajstić information content (AvgIpc) is 3.27. The van der Waals surface area contributed by atoms with Gasteiger partial charge in [-0.25, -0.2) is 9.78 Å². The molecule has 9 nitrogen and oxygen atoms in total. The molecule has 0 saturated carbocycles. The first-order valence-corrected chi connectivity index (χ1v) is 11.4. The molecule has 164 valence electrons. The van der Waals surface area contributed by atoms with Crippen LogP contribution in [-0.4, -0.2) is 40.4 Å². The van der Waals surface area contributed by atoms with Gasteiger partial charge < -0.3 is 24.7 Å². The van der Waals surface area contributed by atoms with Crippen LogP contribution >= 0.6 is 11.3 Å². The molecule has 11 heteroatoms. The fraction of sp³-hybridized carbons (Fsp3) is 0.250. The van der Waals surface area contributed by atoms with Crippen molar-refractivity contribution in [3.8, 4) is 10.4 Å². The smallest absolute Gasteiger partial charge is 0.410 e. The third kappa shape index (κ3) is 6.48. The number of carbonyl (C=O) groups excluding carboxylic acids is 1. The van der Waals surface area contributed by atoms with E-state index in [0.717, 1.165) is 10.4 Å². The van der Waals surface area contributed by atoms with E-state index >= 15 is 0 Å². The first-order chi connectivity index (χ1) is 15.0. The Kier molecular flexibility index (Phi) is 7.93. The Labute approximate surface area is 185 Å². The van der Waals surface area contributed by atoms with Gasteiger partial charge in [0.2, 0.25) is 5.95 Å². The lowest BCUT2D eigenvalue weighted by Gasteiger charge is -2.14. The van der Waals surface area contributed by atoms with E-state index in [4.69, 9.17) is 0 Å². The lowest BCUT2D eigenvalue weighted by Crippen LogP contribution is -2.17. The molecule has 2 aromatic heterocycles. The summed E-state index contributed by atoms with van der Waals surface area (Å²) in [4.78, 5) is 21.6. The van der Waals surface area contributed by atoms with Crippen LogP contribution in [0.25, 0.3) is 10.4 Å². The minimum atomic E-state index is -1.84. The number of amides is 1. The molecule has 0 unspecified atom stereocenters. The number of aliphatic hydroxyl groups excluding tert-OH is 1. The van der Waals surface area contributed by atoms with Crippen LogP contribution in [0.1, 0.15) is 13.8 Å². The van der Waals surface area contributed by atoms with Crippen molar-refractivity contribution < 1.29 is 18.8 Å². The molecule has 3 rings (SSSR count). The van der Waals surface area contributed by atoms with Crippen LogP contribution in [0.2, 0.25) is 0 Å². The van der Waals surface area contributed by atoms with Crippen LogP contribution in [0.3, 0.4) is 0 Å². The molecule has 2 heterocycles. The third-order valence-electron chi connectivity index (χ3n) is 3.88. The molecular weight excluding hydrogens is 438 g/mol. The molecule has 0 aliphatic carbocycles. The first kappa shape index (κ1) is 22.7. The first-order valence-electron chi connectivity index (χ1n) is 9.46. The number of anilines is 3. The van der Waals surface area contributed by atoms with Gasteiger partial charge in [-0.05, 0) is 37.4 Å². The molecule has 1 atom stereocenters. The number of rotatable bonds is 8. The Morgan fingerprint density at radius 3 is 2.74 bits per heavy atom. The van der Waals surface area contributed by atoms with E-state index in [9.17, 15) is 14.1 Å². The number of ether oxygens (including phenoxy) is 1. The maximum absolute atomic E-state index is 12.1. The molecule has 1 amide bonds. The monoisotopic (exact) mass is 460 g/mol. The fourth-order valence-corrected chi connectivity index (χ4v) is 3.89. The van der Waals surface area contributed by atoms with Crippen molar-refractivity contribution in [2.45, 2.75) is 24.8 Å². The van der Waals surface area contributed by atoms with Gasteiger partial charge in [-0.15, -0.1) is 21.9 Å². The van der Waals surface area contributed by atoms with E-state index in [-0.39, 0.29) is 6.61 Å². The number of aliphatic hydroxyl groups is 1. The Morgan fingerprint density at radius 2 is 2.10 bits per heavy atom. The molecular formula is C20H22N5O4S2-. The van der Waals surface area contributed by atoms with Crippen LogP contribution in [0.4, 0.5) is 22.2 Å². The normalized spacial score (nSPS) is 12.9. The number of nitrogens with one attached hydrogen (secondary N) is 2. The topological polar surface area (TPSA) is 126 Å². The average molecular weight is 461 g/mol. The fourth-order valence-electron chi connectivity index (χ4n) is 2.49. The van der Waals surface area contributed by atoms with Gasteiger partial charge in [0.25, 0.3) is 0 Å². The predicted molar refractivity (Wildman–Crippen MR) is 121 cm³/mol. The summed E-state index contributed by atoms with van der Waals surface area (Å²) in [5.41, 5.74) is 1.51. The molecule has 3 aromatic rings. The molecule has 31 heavy (non-hydrogen) atoms. The number of hydrogen-bond acceptors (Lipinski definition) is 10. The molecule has 3 N–H and O–H groups in total. The van der Waals surface area contributed by atoms with Crippen LogP contribution in [0, 0.1) is 0 Å². The molecule has 0 aliphatic rings. The zero-order valence-corrected chi connectivity index (χ0v) is 18.6. The number of thiophene rings is 1. The predicted octanol–water partition coefficient (Wildman–Crippen LogP) is 4.40. The Bertz CT molecular complexity index is 1100. The summed E-state index contributed by atoms with van der Waals surface area (Å²) in [6, 6.07) is 10.5. The van der Waals surface area contributed by atoms with Crippen LogP contribution < -0.4 is 10.6 Å². The largest absolute Gasteiger partial charge is 0.450 e. The van der Waals surface area contributed by atoms with Gasteiger partial charge in [0.1, 0.15) is 5.82 Å². The van der Waals surface area contributed by atoms with Crippen molar-refractivity contribution in [1.29, 1.82) is 0 Å². The summed E-state index contributed by atoms with van der Waals surface area (Å²) in [6.07, 6.45) is 0.322. The van der Waals surface area contributed by atoms with Crippen LogP contribution in [0.5, 0.6) is 0 Å². The van der Waals surface area contributed by atoms with Crippen molar-refractivity contribution >= 4 is 45.5 Å². The zero-order chi connectivity index (χ0) is 22.2. The Balaban J connectivity index is 1.78. The maximum atomic E-state index is 12.1. The van der Waals surface area contributed by atoms with Crippen molar-refractivity contribution in [3.63, 3.8) is 0 Å². The summed E-state index contributed by atoms with van der Waals surface area (Å²) in [6.45, 7) is 3.86. The quantitative estimate of drug-likeness (QED) is 0.422. The summed E-state index contributed by atoms with van der Waals surface area (Å²) >= 11 is 1.57. The molecule has 0 spiro atoms. The Hall–Kier alpha value is -3.02. The van der Waals surface area contributed by atoms with Gasteiger partial charge in [0.15, 0.2) is 0 Å². The van der Waals surface area contributed by atoms with E-state index in [2.05, 4.69) is 29.7 Å². The van der Waals surface area contributed by atoms with Crippen molar-refractivity contribution in [3.05, 3.63) is 48.0 Å². The van der Waals surface area contributed by atoms with Crippen molar-refractivity contribution in [2.75, 3.05) is 23.8 Å². The van der Waals surface area contributed by atoms with Gasteiger partial charge >= 0.3 is 6.09 Å². The van der Waals surface area contributed by atoms with Gasteiger partial charge in [0, 0.05) is 23.3 Å². The maximum Gasteiger partial charge on any atom is 0.410 e. The second-order valence-corrected chi connectivity index (χ2v) is 8.45. The van der Waals surface area contributed by atoms with Crippen molar-refractivity contribution in [2.24, 2.45) is 4.36 Å². The molecule has 0 fully saturated rings. The number of hydrogen-bond donors (Lipinski definition) is 3. The number of carbonyl (C=O) groups is 1. The van der Waals surface area contributed by atoms with Gasteiger partial charge in [-0.2, -0.15) is 4.98 Å². The van der Waals surface area contributed by atoms with E-state index in [0.29, 0.717) is 28.9 Å². The third-order valence-corrected chi connectivity index (χ3v) is 5.77. The highest BCUT2D eigenvalue weighted by molar-refractivity contribution is 7.75. The molecule has 0 saturated heterocycles. The lowest BCUT2D eigenvalue weighted by atomic mass is 10.2. The minimum absolute atomic E-state index is 0.168. The number of aromatic nitrogens is 2. The molecule has 0 bridgehead atoms. The zero-order valence-electron chi connectivity index (χ0n) is 16.9. The van der Waals surface area contributed by atoms with Crippen molar-refractivity contribution in [1.82, 2.24) is 9.97 Å². The summed E-state index contributed by atoms with van der Waals surface area (Å²) in [5.74, 6) is 0.963. The summed E-state index contributed by atoms with van der Waals surface area (Å²) in [7, 11) is -1.84. The molecule has 0 aliphatic heterocycles. The molecule has 1 aromatic carbocycles. The molecule has 0 radical (unpaired) electrons. The number of benzene rings is 1. The van der Waals surface area contributed by atoms with E-state index in [1.807, 2.05) is 17.5 Å². The van der Waals surface area contributed by atoms with Crippen LogP contribution in [0.15, 0.2) is 57.2 Å². The lowest BCUT2D eigenvalue weighted by molar-refractivity contribution is 0.164. The Morgan fingerprint density at radius 1 is 1.32 bits per heavy atom. The van der Waals surface area contributed by atoms with E-state index in [1.54, 1.807) is 55.6 Å². The highest BCUT2D eigenvalue weighted by Crippen LogP contribution is 2.31. The van der Waals surface area contributed by atoms with Gasteiger partial charge in [-0.1, -0.05) is 23.1 Å². The van der Waals surface area contributed by atoms with E-state index in [1.165, 1.54) is 0 Å². The summed E-state index contributed by atoms with van der Waals surface area (Å²) < 4.78 is 20.2. The standard InChI is InChI=1S/C20H22N5O4S2/c1-3-29-20(27)25-31(28)15-8-6-14(7-9-15)23-19-22-12-16(17-5-4-10-30-17)18(24-19)21-11-13(2)26/h4-10,12-13,26H,3,11H2,1-2H3,(H2,21,22,23,24)/q-1/t13-/m0/s1. The highest BCUT2D eigenvalue weighted by atomic mass is 32.2. The minimum Gasteiger partial charge on any atom is -0.450 e. The second-order valence-electron chi connectivity index (χ2n) is 6.35. The summed E-state index contributed by atoms with van der Waals surface area (Å²) in [5, 5.41) is 17.8. The van der Waals surface area contributed by atoms with E-state index < -0.39 is 22.8 Å². The number of nitrogens with zero attached hydrogens (tertiary/aromatic N) is 3. The highest BCUT2D eigenvalue weighted by Gasteiger charge is 2.11.